The van der Waals surface area contributed by atoms with E-state index in [4.69, 9.17) is 5.84 Å². The van der Waals surface area contributed by atoms with Gasteiger partial charge in [-0.05, 0) is 19.1 Å². The Balaban J connectivity index is 1.65. The maximum Gasteiger partial charge on any atom is 0.237 e. The summed E-state index contributed by atoms with van der Waals surface area (Å²) in [6.07, 6.45) is 3.11. The molecular weight excluding hydrogens is 326 g/mol. The first-order chi connectivity index (χ1) is 11.6. The maximum atomic E-state index is 11.9. The van der Waals surface area contributed by atoms with E-state index in [-0.39, 0.29) is 17.6 Å². The number of nitrogen functional groups attached to an aromatic ring is 1. The molecule has 0 bridgehead atoms. The molecule has 8 nitrogen and oxygen atoms in total. The topological polar surface area (TPSA) is 112 Å². The van der Waals surface area contributed by atoms with E-state index in [1.165, 1.54) is 16.4 Å². The van der Waals surface area contributed by atoms with Gasteiger partial charge in [0.2, 0.25) is 17.0 Å². The van der Waals surface area contributed by atoms with Crippen molar-refractivity contribution in [1.82, 2.24) is 24.8 Å². The van der Waals surface area contributed by atoms with Crippen LogP contribution in [0.2, 0.25) is 0 Å². The van der Waals surface area contributed by atoms with Gasteiger partial charge < -0.3 is 5.84 Å². The predicted octanol–water partition coefficient (Wildman–Crippen LogP) is 1.49. The van der Waals surface area contributed by atoms with Gasteiger partial charge in [0, 0.05) is 18.0 Å². The number of aryl methyl sites for hydroxylation is 1. The molecule has 0 radical (unpaired) electrons. The van der Waals surface area contributed by atoms with Crippen LogP contribution in [0.5, 0.6) is 0 Å². The van der Waals surface area contributed by atoms with Gasteiger partial charge >= 0.3 is 0 Å². The third-order valence-electron chi connectivity index (χ3n) is 3.09. The van der Waals surface area contributed by atoms with Crippen molar-refractivity contribution in [2.75, 3.05) is 16.9 Å². The number of benzene rings is 1. The summed E-state index contributed by atoms with van der Waals surface area (Å²) in [5.41, 5.74) is 1.98. The van der Waals surface area contributed by atoms with Crippen LogP contribution in [0.1, 0.15) is 5.56 Å². The maximum absolute atomic E-state index is 11.9. The molecule has 0 saturated heterocycles. The van der Waals surface area contributed by atoms with Gasteiger partial charge in [-0.25, -0.2) is 14.6 Å². The first-order valence-electron chi connectivity index (χ1n) is 7.10. The molecule has 0 fully saturated rings. The molecule has 0 saturated carbocycles. The molecule has 0 unspecified atom stereocenters. The van der Waals surface area contributed by atoms with E-state index in [9.17, 15) is 4.79 Å². The van der Waals surface area contributed by atoms with Gasteiger partial charge in [0.15, 0.2) is 5.82 Å². The number of nitrogens with zero attached hydrogens (tertiary/aromatic N) is 5. The van der Waals surface area contributed by atoms with Crippen molar-refractivity contribution in [3.05, 3.63) is 48.3 Å². The molecular formula is C15H15N7OS. The predicted molar refractivity (Wildman–Crippen MR) is 91.7 cm³/mol. The summed E-state index contributed by atoms with van der Waals surface area (Å²) in [5, 5.41) is 11.2. The third kappa shape index (κ3) is 3.69. The minimum Gasteiger partial charge on any atom is -0.335 e. The number of rotatable bonds is 5. The van der Waals surface area contributed by atoms with Gasteiger partial charge in [-0.3, -0.25) is 10.1 Å². The average Bonchev–Trinajstić information content (AvgIpc) is 2.95. The average molecular weight is 341 g/mol. The summed E-state index contributed by atoms with van der Waals surface area (Å²) in [7, 11) is 0. The Morgan fingerprint density at radius 1 is 1.25 bits per heavy atom. The largest absolute Gasteiger partial charge is 0.335 e. The van der Waals surface area contributed by atoms with Gasteiger partial charge in [0.25, 0.3) is 0 Å². The fraction of sp³-hybridized carbons (Fsp3) is 0.133. The number of hydrogen-bond acceptors (Lipinski definition) is 7. The van der Waals surface area contributed by atoms with Crippen LogP contribution < -0.4 is 11.2 Å². The second kappa shape index (κ2) is 7.09. The lowest BCUT2D eigenvalue weighted by Gasteiger charge is -2.05. The zero-order chi connectivity index (χ0) is 16.9. The van der Waals surface area contributed by atoms with Gasteiger partial charge in [0.05, 0.1) is 5.75 Å². The van der Waals surface area contributed by atoms with E-state index >= 15 is 0 Å². The van der Waals surface area contributed by atoms with Crippen molar-refractivity contribution in [1.29, 1.82) is 0 Å². The Morgan fingerprint density at radius 3 is 2.79 bits per heavy atom. The summed E-state index contributed by atoms with van der Waals surface area (Å²) >= 11 is 1.19. The number of aromatic nitrogens is 5. The summed E-state index contributed by atoms with van der Waals surface area (Å²) < 4.78 is 1.38. The number of thioether (sulfide) groups is 1. The van der Waals surface area contributed by atoms with Crippen LogP contribution in [-0.2, 0) is 4.79 Å². The Morgan fingerprint density at radius 2 is 2.04 bits per heavy atom. The SMILES string of the molecule is Cc1cccc(-c2nnc(SCC(=O)Nc3ncccn3)n2N)c1. The molecule has 1 amide bonds. The van der Waals surface area contributed by atoms with Crippen molar-refractivity contribution in [3.8, 4) is 11.4 Å². The molecule has 1 aromatic carbocycles. The first-order valence-corrected chi connectivity index (χ1v) is 8.09. The highest BCUT2D eigenvalue weighted by atomic mass is 32.2. The van der Waals surface area contributed by atoms with E-state index in [0.29, 0.717) is 11.0 Å². The van der Waals surface area contributed by atoms with E-state index in [2.05, 4.69) is 25.5 Å². The summed E-state index contributed by atoms with van der Waals surface area (Å²) in [4.78, 5) is 19.8. The Kier molecular flexibility index (Phi) is 4.71. The lowest BCUT2D eigenvalue weighted by Crippen LogP contribution is -2.17. The van der Waals surface area contributed by atoms with Gasteiger partial charge in [-0.2, -0.15) is 0 Å². The highest BCUT2D eigenvalue weighted by molar-refractivity contribution is 7.99. The lowest BCUT2D eigenvalue weighted by molar-refractivity contribution is -0.113. The van der Waals surface area contributed by atoms with Crippen LogP contribution in [-0.4, -0.2) is 36.5 Å². The minimum absolute atomic E-state index is 0.126. The number of nitrogens with two attached hydrogens (primary N) is 1. The molecule has 3 N–H and O–H groups in total. The highest BCUT2D eigenvalue weighted by Crippen LogP contribution is 2.22. The van der Waals surface area contributed by atoms with Crippen LogP contribution in [0.25, 0.3) is 11.4 Å². The molecule has 24 heavy (non-hydrogen) atoms. The second-order valence-corrected chi connectivity index (χ2v) is 5.90. The van der Waals surface area contributed by atoms with Gasteiger partial charge in [0.1, 0.15) is 0 Å². The molecule has 0 spiro atoms. The third-order valence-corrected chi connectivity index (χ3v) is 4.03. The monoisotopic (exact) mass is 341 g/mol. The van der Waals surface area contributed by atoms with Crippen LogP contribution in [0.4, 0.5) is 5.95 Å². The van der Waals surface area contributed by atoms with Crippen molar-refractivity contribution < 1.29 is 4.79 Å². The van der Waals surface area contributed by atoms with Crippen molar-refractivity contribution in [3.63, 3.8) is 0 Å². The number of amides is 1. The molecule has 122 valence electrons. The van der Waals surface area contributed by atoms with E-state index in [1.54, 1.807) is 18.5 Å². The van der Waals surface area contributed by atoms with E-state index in [0.717, 1.165) is 11.1 Å². The lowest BCUT2D eigenvalue weighted by atomic mass is 10.1. The molecule has 3 rings (SSSR count). The molecule has 3 aromatic rings. The molecule has 2 heterocycles. The van der Waals surface area contributed by atoms with Crippen molar-refractivity contribution in [2.45, 2.75) is 12.1 Å². The fourth-order valence-electron chi connectivity index (χ4n) is 2.01. The van der Waals surface area contributed by atoms with Crippen LogP contribution in [0.3, 0.4) is 0 Å². The van der Waals surface area contributed by atoms with E-state index in [1.807, 2.05) is 31.2 Å². The number of hydrogen-bond donors (Lipinski definition) is 2. The molecule has 0 aliphatic heterocycles. The Hall–Kier alpha value is -2.94. The van der Waals surface area contributed by atoms with Gasteiger partial charge in [-0.15, -0.1) is 10.2 Å². The summed E-state index contributed by atoms with van der Waals surface area (Å²) in [6, 6.07) is 9.48. The Bertz CT molecular complexity index is 850. The number of nitrogens with one attached hydrogen (secondary N) is 1. The molecule has 0 aliphatic rings. The highest BCUT2D eigenvalue weighted by Gasteiger charge is 2.14. The summed E-state index contributed by atoms with van der Waals surface area (Å²) in [5.74, 6) is 6.73. The molecule has 2 aromatic heterocycles. The number of carbonyl (C=O) groups excluding carboxylic acids is 1. The first kappa shape index (κ1) is 15.9. The number of carbonyl (C=O) groups is 1. The zero-order valence-corrected chi connectivity index (χ0v) is 13.7. The molecule has 9 heteroatoms. The van der Waals surface area contributed by atoms with Crippen molar-refractivity contribution >= 4 is 23.6 Å². The molecule has 0 aliphatic carbocycles. The van der Waals surface area contributed by atoms with Crippen LogP contribution in [0.15, 0.2) is 47.9 Å². The van der Waals surface area contributed by atoms with Crippen LogP contribution in [0, 0.1) is 6.92 Å². The normalized spacial score (nSPS) is 10.5. The van der Waals surface area contributed by atoms with Crippen LogP contribution >= 0.6 is 11.8 Å². The Labute approximate surface area is 142 Å². The van der Waals surface area contributed by atoms with Crippen molar-refractivity contribution in [2.24, 2.45) is 0 Å². The standard InChI is InChI=1S/C15H15N7OS/c1-10-4-2-5-11(8-10)13-20-21-15(22(13)16)24-9-12(23)19-14-17-6-3-7-18-14/h2-8H,9,16H2,1H3,(H,17,18,19,23). The van der Waals surface area contributed by atoms with Gasteiger partial charge in [-0.1, -0.05) is 35.5 Å². The quantitative estimate of drug-likeness (QED) is 0.534. The number of anilines is 1. The fourth-order valence-corrected chi connectivity index (χ4v) is 2.67. The second-order valence-electron chi connectivity index (χ2n) is 4.95. The smallest absolute Gasteiger partial charge is 0.237 e. The summed E-state index contributed by atoms with van der Waals surface area (Å²) in [6.45, 7) is 1.99. The molecule has 0 atom stereocenters. The minimum atomic E-state index is -0.244. The van der Waals surface area contributed by atoms with E-state index < -0.39 is 0 Å². The zero-order valence-electron chi connectivity index (χ0n) is 12.9.